The van der Waals surface area contributed by atoms with Crippen molar-refractivity contribution in [3.63, 3.8) is 0 Å². The van der Waals surface area contributed by atoms with Crippen LogP contribution in [-0.2, 0) is 15.1 Å². The van der Waals surface area contributed by atoms with E-state index in [2.05, 4.69) is 10.6 Å². The molecule has 7 nitrogen and oxygen atoms in total. The van der Waals surface area contributed by atoms with E-state index in [0.29, 0.717) is 0 Å². The molecule has 0 aliphatic carbocycles. The lowest BCUT2D eigenvalue weighted by Crippen LogP contribution is -2.52. The van der Waals surface area contributed by atoms with Gasteiger partial charge in [0.05, 0.1) is 6.07 Å². The van der Waals surface area contributed by atoms with Crippen molar-refractivity contribution in [3.05, 3.63) is 35.6 Å². The van der Waals surface area contributed by atoms with Gasteiger partial charge in [-0.25, -0.2) is 9.18 Å². The van der Waals surface area contributed by atoms with Gasteiger partial charge in [-0.3, -0.25) is 14.5 Å². The summed E-state index contributed by atoms with van der Waals surface area (Å²) in [7, 11) is 0. The number of halogens is 1. The minimum absolute atomic E-state index is 0.0188. The lowest BCUT2D eigenvalue weighted by Gasteiger charge is -2.28. The van der Waals surface area contributed by atoms with Gasteiger partial charge in [0.15, 0.2) is 0 Å². The van der Waals surface area contributed by atoms with Gasteiger partial charge >= 0.3 is 6.03 Å². The van der Waals surface area contributed by atoms with Crippen molar-refractivity contribution in [3.8, 4) is 6.07 Å². The van der Waals surface area contributed by atoms with E-state index in [1.54, 1.807) is 26.8 Å². The molecule has 0 saturated carbocycles. The molecular formula is C18H21FN4O3. The van der Waals surface area contributed by atoms with Gasteiger partial charge in [0.2, 0.25) is 5.91 Å². The van der Waals surface area contributed by atoms with Gasteiger partial charge in [-0.05, 0) is 25.8 Å². The first-order chi connectivity index (χ1) is 12.0. The molecule has 1 heterocycles. The molecular weight excluding hydrogens is 339 g/mol. The Balaban J connectivity index is 2.21. The molecule has 2 atom stereocenters. The van der Waals surface area contributed by atoms with Crippen LogP contribution >= 0.6 is 0 Å². The first-order valence-electron chi connectivity index (χ1n) is 8.16. The van der Waals surface area contributed by atoms with E-state index in [-0.39, 0.29) is 11.5 Å². The van der Waals surface area contributed by atoms with Gasteiger partial charge in [0.25, 0.3) is 5.91 Å². The molecule has 2 N–H and O–H groups in total. The van der Waals surface area contributed by atoms with Crippen molar-refractivity contribution < 1.29 is 18.8 Å². The molecule has 1 fully saturated rings. The highest BCUT2D eigenvalue weighted by atomic mass is 19.1. The van der Waals surface area contributed by atoms with Crippen molar-refractivity contribution >= 4 is 17.8 Å². The van der Waals surface area contributed by atoms with Crippen molar-refractivity contribution in [2.45, 2.75) is 38.8 Å². The van der Waals surface area contributed by atoms with Crippen molar-refractivity contribution in [2.24, 2.45) is 5.92 Å². The second-order valence-corrected chi connectivity index (χ2v) is 6.94. The van der Waals surface area contributed by atoms with E-state index in [0.717, 1.165) is 4.90 Å². The number of nitriles is 1. The number of benzene rings is 1. The molecule has 1 aromatic carbocycles. The Morgan fingerprint density at radius 2 is 2.04 bits per heavy atom. The number of carbonyl (C=O) groups excluding carboxylic acids is 3. The summed E-state index contributed by atoms with van der Waals surface area (Å²) in [6.45, 7) is 5.93. The summed E-state index contributed by atoms with van der Waals surface area (Å²) in [6, 6.07) is 6.85. The highest BCUT2D eigenvalue weighted by Gasteiger charge is 2.50. The Kier molecular flexibility index (Phi) is 5.03. The predicted molar refractivity (Wildman–Crippen MR) is 91.0 cm³/mol. The first-order valence-corrected chi connectivity index (χ1v) is 8.16. The van der Waals surface area contributed by atoms with Crippen LogP contribution in [0.3, 0.4) is 0 Å². The topological polar surface area (TPSA) is 102 Å². The second-order valence-electron chi connectivity index (χ2n) is 6.94. The van der Waals surface area contributed by atoms with Crippen LogP contribution in [0.25, 0.3) is 0 Å². The maximum Gasteiger partial charge on any atom is 0.325 e. The Labute approximate surface area is 151 Å². The fourth-order valence-electron chi connectivity index (χ4n) is 2.66. The van der Waals surface area contributed by atoms with Crippen LogP contribution in [0.5, 0.6) is 0 Å². The van der Waals surface area contributed by atoms with Gasteiger partial charge in [-0.2, -0.15) is 5.26 Å². The summed E-state index contributed by atoms with van der Waals surface area (Å²) in [5, 5.41) is 14.3. The molecule has 2 rings (SSSR count). The normalized spacial score (nSPS) is 22.0. The van der Waals surface area contributed by atoms with Crippen LogP contribution in [0.4, 0.5) is 9.18 Å². The molecule has 1 saturated heterocycles. The van der Waals surface area contributed by atoms with E-state index in [9.17, 15) is 24.0 Å². The van der Waals surface area contributed by atoms with E-state index in [1.807, 2.05) is 6.07 Å². The molecule has 1 aliphatic rings. The van der Waals surface area contributed by atoms with E-state index in [4.69, 9.17) is 0 Å². The number of amides is 4. The highest BCUT2D eigenvalue weighted by Crippen LogP contribution is 2.30. The van der Waals surface area contributed by atoms with Crippen LogP contribution in [0.2, 0.25) is 0 Å². The van der Waals surface area contributed by atoms with Gasteiger partial charge in [-0.1, -0.05) is 32.0 Å². The molecule has 0 aromatic heterocycles. The number of urea groups is 1. The van der Waals surface area contributed by atoms with Crippen molar-refractivity contribution in [2.75, 3.05) is 6.54 Å². The fraction of sp³-hybridized carbons (Fsp3) is 0.444. The van der Waals surface area contributed by atoms with Crippen LogP contribution in [0.15, 0.2) is 24.3 Å². The summed E-state index contributed by atoms with van der Waals surface area (Å²) in [4.78, 5) is 37.9. The number of hydrogen-bond acceptors (Lipinski definition) is 4. The molecule has 1 aliphatic heterocycles. The Morgan fingerprint density at radius 3 is 2.58 bits per heavy atom. The number of rotatable bonds is 5. The molecule has 8 heteroatoms. The van der Waals surface area contributed by atoms with E-state index >= 15 is 0 Å². The standard InChI is InChI=1S/C18H21FN4O3/c1-11(2)17(3,10-20)21-14(24)9-23-15(25)18(4,22-16(23)26)12-7-5-6-8-13(12)19/h5-8,11H,9H2,1-4H3,(H,21,24)(H,22,26)/t17-,18-/m0/s1. The molecule has 0 unspecified atom stereocenters. The van der Waals surface area contributed by atoms with Gasteiger partial charge < -0.3 is 10.6 Å². The third-order valence-corrected chi connectivity index (χ3v) is 4.78. The van der Waals surface area contributed by atoms with Crippen molar-refractivity contribution in [1.82, 2.24) is 15.5 Å². The summed E-state index contributed by atoms with van der Waals surface area (Å²) < 4.78 is 14.1. The van der Waals surface area contributed by atoms with Gasteiger partial charge in [0, 0.05) is 5.56 Å². The largest absolute Gasteiger partial charge is 0.336 e. The fourth-order valence-corrected chi connectivity index (χ4v) is 2.66. The lowest BCUT2D eigenvalue weighted by atomic mass is 9.90. The first kappa shape index (κ1) is 19.4. The zero-order valence-corrected chi connectivity index (χ0v) is 15.1. The SMILES string of the molecule is CC(C)[C@](C)(C#N)NC(=O)CN1C(=O)N[C@@](C)(c2ccccc2F)C1=O. The molecule has 1 aromatic rings. The van der Waals surface area contributed by atoms with Crippen LogP contribution in [0.1, 0.15) is 33.3 Å². The number of imide groups is 1. The van der Waals surface area contributed by atoms with Crippen molar-refractivity contribution in [1.29, 1.82) is 5.26 Å². The van der Waals surface area contributed by atoms with E-state index in [1.165, 1.54) is 25.1 Å². The maximum atomic E-state index is 14.1. The Bertz CT molecular complexity index is 804. The molecule has 0 radical (unpaired) electrons. The van der Waals surface area contributed by atoms with Crippen LogP contribution < -0.4 is 10.6 Å². The number of hydrogen-bond donors (Lipinski definition) is 2. The lowest BCUT2D eigenvalue weighted by molar-refractivity contribution is -0.135. The molecule has 26 heavy (non-hydrogen) atoms. The predicted octanol–water partition coefficient (Wildman–Crippen LogP) is 1.65. The molecule has 0 spiro atoms. The van der Waals surface area contributed by atoms with Crippen LogP contribution in [0, 0.1) is 23.1 Å². The summed E-state index contributed by atoms with van der Waals surface area (Å²) in [5.74, 6) is -2.19. The summed E-state index contributed by atoms with van der Waals surface area (Å²) >= 11 is 0. The molecule has 138 valence electrons. The third kappa shape index (κ3) is 3.25. The minimum Gasteiger partial charge on any atom is -0.336 e. The van der Waals surface area contributed by atoms with Gasteiger partial charge in [0.1, 0.15) is 23.4 Å². The smallest absolute Gasteiger partial charge is 0.325 e. The average Bonchev–Trinajstić information content (AvgIpc) is 2.79. The number of nitrogens with zero attached hydrogens (tertiary/aromatic N) is 2. The quantitative estimate of drug-likeness (QED) is 0.779. The highest BCUT2D eigenvalue weighted by molar-refractivity contribution is 6.09. The van der Waals surface area contributed by atoms with Crippen LogP contribution in [-0.4, -0.2) is 34.8 Å². The minimum atomic E-state index is -1.60. The second kappa shape index (κ2) is 6.75. The Hall–Kier alpha value is -2.95. The number of nitrogens with one attached hydrogen (secondary N) is 2. The van der Waals surface area contributed by atoms with E-state index < -0.39 is 41.3 Å². The Morgan fingerprint density at radius 1 is 1.42 bits per heavy atom. The average molecular weight is 360 g/mol. The zero-order chi connectivity index (χ0) is 19.7. The monoisotopic (exact) mass is 360 g/mol. The summed E-state index contributed by atoms with van der Waals surface area (Å²) in [6.07, 6.45) is 0. The maximum absolute atomic E-state index is 14.1. The summed E-state index contributed by atoms with van der Waals surface area (Å²) in [5.41, 5.74) is -2.71. The molecule has 4 amide bonds. The number of carbonyl (C=O) groups is 3. The third-order valence-electron chi connectivity index (χ3n) is 4.78. The zero-order valence-electron chi connectivity index (χ0n) is 15.1. The molecule has 0 bridgehead atoms. The van der Waals surface area contributed by atoms with Gasteiger partial charge in [-0.15, -0.1) is 0 Å².